The molecule has 0 radical (unpaired) electrons. The van der Waals surface area contributed by atoms with Crippen LogP contribution in [0.5, 0.6) is 0 Å². The van der Waals surface area contributed by atoms with Gasteiger partial charge < -0.3 is 5.32 Å². The number of hydrogen-bond donors (Lipinski definition) is 1. The monoisotopic (exact) mass is 275 g/mol. The summed E-state index contributed by atoms with van der Waals surface area (Å²) in [6.45, 7) is 0. The number of nitrogens with one attached hydrogen (secondary N) is 1. The van der Waals surface area contributed by atoms with Crippen molar-refractivity contribution in [2.24, 2.45) is 0 Å². The van der Waals surface area contributed by atoms with Crippen molar-refractivity contribution in [3.63, 3.8) is 0 Å². The second-order valence-electron chi connectivity index (χ2n) is 4.85. The van der Waals surface area contributed by atoms with E-state index < -0.39 is 6.43 Å². The van der Waals surface area contributed by atoms with Crippen LogP contribution >= 0.6 is 0 Å². The van der Waals surface area contributed by atoms with Crippen LogP contribution < -0.4 is 5.32 Å². The molecule has 104 valence electrons. The minimum Gasteiger partial charge on any atom is -0.373 e. The number of anilines is 1. The summed E-state index contributed by atoms with van der Waals surface area (Å²) in [4.78, 5) is 9.07. The lowest BCUT2D eigenvalue weighted by Crippen LogP contribution is -2.03. The largest absolute Gasteiger partial charge is 0.373 e. The molecule has 0 saturated carbocycles. The molecule has 20 heavy (non-hydrogen) atoms. The minimum absolute atomic E-state index is 0.0174. The number of hydrogen-bond acceptors (Lipinski definition) is 3. The van der Waals surface area contributed by atoms with Crippen LogP contribution in [0.1, 0.15) is 29.7 Å². The van der Waals surface area contributed by atoms with E-state index in [1.54, 1.807) is 12.1 Å². The summed E-state index contributed by atoms with van der Waals surface area (Å²) in [5.41, 5.74) is 3.03. The van der Waals surface area contributed by atoms with Gasteiger partial charge in [0.25, 0.3) is 6.43 Å². The molecule has 0 unspecified atom stereocenters. The number of fused-ring (bicyclic) bond motifs is 1. The Labute approximate surface area is 116 Å². The zero-order valence-electron chi connectivity index (χ0n) is 11.2. The highest BCUT2D eigenvalue weighted by Gasteiger charge is 2.19. The average Bonchev–Trinajstić information content (AvgIpc) is 2.94. The molecule has 5 heteroatoms. The maximum atomic E-state index is 12.6. The quantitative estimate of drug-likeness (QED) is 0.929. The van der Waals surface area contributed by atoms with E-state index in [4.69, 9.17) is 0 Å². The van der Waals surface area contributed by atoms with E-state index >= 15 is 0 Å². The molecule has 1 aromatic carbocycles. The Morgan fingerprint density at radius 3 is 2.50 bits per heavy atom. The van der Waals surface area contributed by atoms with Gasteiger partial charge in [0.15, 0.2) is 5.82 Å². The fourth-order valence-electron chi connectivity index (χ4n) is 2.55. The first-order valence-electron chi connectivity index (χ1n) is 6.65. The summed E-state index contributed by atoms with van der Waals surface area (Å²) in [6.07, 6.45) is 0.592. The number of aromatic nitrogens is 2. The van der Waals surface area contributed by atoms with E-state index in [1.165, 1.54) is 17.7 Å². The summed E-state index contributed by atoms with van der Waals surface area (Å²) in [5.74, 6) is 1.44. The molecule has 0 spiro atoms. The van der Waals surface area contributed by atoms with Crippen LogP contribution in [-0.2, 0) is 12.8 Å². The fourth-order valence-corrected chi connectivity index (χ4v) is 2.55. The van der Waals surface area contributed by atoms with Gasteiger partial charge in [0.2, 0.25) is 0 Å². The van der Waals surface area contributed by atoms with Crippen molar-refractivity contribution in [2.45, 2.75) is 25.7 Å². The van der Waals surface area contributed by atoms with E-state index in [1.807, 2.05) is 7.05 Å². The molecular formula is C15H15F2N3. The maximum absolute atomic E-state index is 12.6. The van der Waals surface area contributed by atoms with Crippen LogP contribution in [0.4, 0.5) is 14.6 Å². The normalized spacial score (nSPS) is 13.6. The molecule has 3 rings (SSSR count). The van der Waals surface area contributed by atoms with E-state index in [9.17, 15) is 8.78 Å². The van der Waals surface area contributed by atoms with Gasteiger partial charge in [0, 0.05) is 29.4 Å². The van der Waals surface area contributed by atoms with Crippen molar-refractivity contribution in [2.75, 3.05) is 12.4 Å². The summed E-state index contributed by atoms with van der Waals surface area (Å²) in [6, 6.07) is 6.15. The Kier molecular flexibility index (Phi) is 3.34. The highest BCUT2D eigenvalue weighted by molar-refractivity contribution is 5.61. The van der Waals surface area contributed by atoms with Crippen molar-refractivity contribution < 1.29 is 8.78 Å². The lowest BCUT2D eigenvalue weighted by molar-refractivity contribution is 0.151. The van der Waals surface area contributed by atoms with Crippen molar-refractivity contribution in [3.8, 4) is 11.4 Å². The van der Waals surface area contributed by atoms with E-state index in [0.717, 1.165) is 36.3 Å². The summed E-state index contributed by atoms with van der Waals surface area (Å²) < 4.78 is 25.1. The number of benzene rings is 1. The SMILES string of the molecule is CNc1nc(-c2ccc(C(F)F)cc2)nc2c1CCC2. The fraction of sp³-hybridized carbons (Fsp3) is 0.333. The molecule has 1 aliphatic rings. The molecule has 1 heterocycles. The molecular weight excluding hydrogens is 260 g/mol. The first-order valence-corrected chi connectivity index (χ1v) is 6.65. The Bertz CT molecular complexity index is 624. The standard InChI is InChI=1S/C15H15F2N3/c1-18-15-11-3-2-4-12(11)19-14(20-15)10-7-5-9(6-8-10)13(16)17/h5-8,13H,2-4H2,1H3,(H,18,19,20). The smallest absolute Gasteiger partial charge is 0.263 e. The highest BCUT2D eigenvalue weighted by Crippen LogP contribution is 2.29. The first-order chi connectivity index (χ1) is 9.69. The third-order valence-electron chi connectivity index (χ3n) is 3.59. The number of nitrogens with zero attached hydrogens (tertiary/aromatic N) is 2. The third-order valence-corrected chi connectivity index (χ3v) is 3.59. The van der Waals surface area contributed by atoms with Gasteiger partial charge in [-0.25, -0.2) is 18.7 Å². The number of aryl methyl sites for hydroxylation is 1. The molecule has 0 atom stereocenters. The lowest BCUT2D eigenvalue weighted by Gasteiger charge is -2.10. The zero-order chi connectivity index (χ0) is 14.1. The number of alkyl halides is 2. The second-order valence-corrected chi connectivity index (χ2v) is 4.85. The summed E-state index contributed by atoms with van der Waals surface area (Å²) >= 11 is 0. The van der Waals surface area contributed by atoms with Crippen LogP contribution in [0.15, 0.2) is 24.3 Å². The maximum Gasteiger partial charge on any atom is 0.263 e. The molecule has 0 fully saturated rings. The van der Waals surface area contributed by atoms with Crippen molar-refractivity contribution in [1.82, 2.24) is 9.97 Å². The van der Waals surface area contributed by atoms with Crippen molar-refractivity contribution >= 4 is 5.82 Å². The Hall–Kier alpha value is -2.04. The molecule has 0 saturated heterocycles. The van der Waals surface area contributed by atoms with E-state index in [2.05, 4.69) is 15.3 Å². The van der Waals surface area contributed by atoms with Crippen LogP contribution in [0, 0.1) is 0 Å². The Morgan fingerprint density at radius 1 is 1.10 bits per heavy atom. The zero-order valence-corrected chi connectivity index (χ0v) is 11.2. The Balaban J connectivity index is 2.02. The number of halogens is 2. The predicted molar refractivity (Wildman–Crippen MR) is 74.0 cm³/mol. The van der Waals surface area contributed by atoms with Crippen LogP contribution in [0.2, 0.25) is 0 Å². The average molecular weight is 275 g/mol. The van der Waals surface area contributed by atoms with Gasteiger partial charge in [-0.1, -0.05) is 24.3 Å². The summed E-state index contributed by atoms with van der Waals surface area (Å²) in [7, 11) is 1.84. The molecule has 1 N–H and O–H groups in total. The van der Waals surface area contributed by atoms with Crippen molar-refractivity contribution in [1.29, 1.82) is 0 Å². The van der Waals surface area contributed by atoms with Gasteiger partial charge in [-0.2, -0.15) is 0 Å². The van der Waals surface area contributed by atoms with E-state index in [0.29, 0.717) is 5.82 Å². The summed E-state index contributed by atoms with van der Waals surface area (Å²) in [5, 5.41) is 3.10. The molecule has 1 aliphatic carbocycles. The van der Waals surface area contributed by atoms with Gasteiger partial charge in [0.1, 0.15) is 5.82 Å². The van der Waals surface area contributed by atoms with Crippen molar-refractivity contribution in [3.05, 3.63) is 41.1 Å². The van der Waals surface area contributed by atoms with Crippen LogP contribution in [0.3, 0.4) is 0 Å². The third kappa shape index (κ3) is 2.24. The molecule has 1 aromatic heterocycles. The van der Waals surface area contributed by atoms with Gasteiger partial charge in [-0.15, -0.1) is 0 Å². The first kappa shape index (κ1) is 13.0. The molecule has 0 bridgehead atoms. The lowest BCUT2D eigenvalue weighted by atomic mass is 10.1. The molecule has 3 nitrogen and oxygen atoms in total. The molecule has 2 aromatic rings. The van der Waals surface area contributed by atoms with Gasteiger partial charge in [0.05, 0.1) is 0 Å². The van der Waals surface area contributed by atoms with Gasteiger partial charge in [-0.3, -0.25) is 0 Å². The van der Waals surface area contributed by atoms with Crippen LogP contribution in [-0.4, -0.2) is 17.0 Å². The predicted octanol–water partition coefficient (Wildman–Crippen LogP) is 3.61. The van der Waals surface area contributed by atoms with Gasteiger partial charge in [-0.05, 0) is 19.3 Å². The van der Waals surface area contributed by atoms with Gasteiger partial charge >= 0.3 is 0 Å². The molecule has 0 amide bonds. The molecule has 0 aliphatic heterocycles. The second kappa shape index (κ2) is 5.15. The Morgan fingerprint density at radius 2 is 1.85 bits per heavy atom. The highest BCUT2D eigenvalue weighted by atomic mass is 19.3. The van der Waals surface area contributed by atoms with Crippen LogP contribution in [0.25, 0.3) is 11.4 Å². The number of rotatable bonds is 3. The minimum atomic E-state index is -2.45. The topological polar surface area (TPSA) is 37.8 Å². The van der Waals surface area contributed by atoms with E-state index in [-0.39, 0.29) is 5.56 Å².